The zero-order chi connectivity index (χ0) is 30.9. The third-order valence-corrected chi connectivity index (χ3v) is 10.4. The zero-order valence-corrected chi connectivity index (χ0v) is 31.0. The van der Waals surface area contributed by atoms with E-state index in [1.807, 2.05) is 40.4 Å². The predicted molar refractivity (Wildman–Crippen MR) is 166 cm³/mol. The zero-order valence-electron chi connectivity index (χ0n) is 25.7. The molecule has 8 atom stereocenters. The van der Waals surface area contributed by atoms with Crippen molar-refractivity contribution in [2.75, 3.05) is 6.61 Å². The quantitative estimate of drug-likeness (QED) is 0.173. The molecule has 0 aromatic heterocycles. The van der Waals surface area contributed by atoms with Crippen molar-refractivity contribution in [3.05, 3.63) is 0 Å². The summed E-state index contributed by atoms with van der Waals surface area (Å²) in [5, 5.41) is 15.2. The van der Waals surface area contributed by atoms with E-state index in [0.29, 0.717) is 0 Å². The lowest BCUT2D eigenvalue weighted by Crippen LogP contribution is -2.79. The van der Waals surface area contributed by atoms with Crippen LogP contribution in [0.15, 0.2) is 0 Å². The molecule has 1 saturated carbocycles. The molecule has 0 aromatic carbocycles. The molecule has 0 spiro atoms. The number of aliphatic hydroxyl groups is 1. The number of epoxide rings is 1. The van der Waals surface area contributed by atoms with Crippen molar-refractivity contribution in [3.8, 4) is 11.5 Å². The third kappa shape index (κ3) is 7.68. The molecule has 230 valence electrons. The van der Waals surface area contributed by atoms with E-state index in [-0.39, 0.29) is 6.61 Å². The van der Waals surface area contributed by atoms with E-state index in [2.05, 4.69) is 56.1 Å². The molecule has 8 nitrogen and oxygen atoms in total. The Hall–Kier alpha value is 0.311. The van der Waals surface area contributed by atoms with Gasteiger partial charge in [0, 0.05) is 5.92 Å². The van der Waals surface area contributed by atoms with Gasteiger partial charge in [-0.1, -0.05) is 60.4 Å². The minimum absolute atomic E-state index is 0.201. The van der Waals surface area contributed by atoms with Gasteiger partial charge >= 0.3 is 0 Å². The number of hydrogen-bond donors (Lipinski definition) is 2. The van der Waals surface area contributed by atoms with Gasteiger partial charge in [0.2, 0.25) is 0 Å². The lowest BCUT2D eigenvalue weighted by Gasteiger charge is -2.56. The molecule has 3 fully saturated rings. The van der Waals surface area contributed by atoms with Gasteiger partial charge in [-0.05, 0) is 60.1 Å². The molecular weight excluding hydrogens is 629 g/mol. The summed E-state index contributed by atoms with van der Waals surface area (Å²) in [6.07, 6.45) is -4.08. The van der Waals surface area contributed by atoms with Gasteiger partial charge in [0.1, 0.15) is 31.4 Å². The fourth-order valence-electron chi connectivity index (χ4n) is 5.62. The number of amides is 1. The van der Waals surface area contributed by atoms with Crippen molar-refractivity contribution < 1.29 is 33.0 Å². The number of fused-ring (bicyclic) bond motifs is 1. The molecule has 2 aliphatic heterocycles. The molecule has 40 heavy (non-hydrogen) atoms. The van der Waals surface area contributed by atoms with Crippen LogP contribution in [0.4, 0.5) is 0 Å². The number of alkyl halides is 3. The number of carbonyl (C=O) groups is 1. The molecule has 1 amide bonds. The van der Waals surface area contributed by atoms with E-state index in [1.165, 1.54) is 0 Å². The van der Waals surface area contributed by atoms with Crippen molar-refractivity contribution in [2.24, 2.45) is 5.92 Å². The summed E-state index contributed by atoms with van der Waals surface area (Å²) in [6, 6.07) is 0. The molecule has 3 aliphatic rings. The number of hydrogen-bond acceptors (Lipinski definition) is 7. The van der Waals surface area contributed by atoms with E-state index in [4.69, 9.17) is 57.9 Å². The molecule has 2 N–H and O–H groups in total. The maximum absolute atomic E-state index is 13.6. The number of nitrogens with one attached hydrogen (secondary N) is 1. The molecule has 2 saturated heterocycles. The minimum Gasteiger partial charge on any atom is -0.409 e. The van der Waals surface area contributed by atoms with Crippen molar-refractivity contribution in [1.29, 1.82) is 0 Å². The average Bonchev–Trinajstić information content (AvgIpc) is 3.27. The highest BCUT2D eigenvalue weighted by Gasteiger charge is 2.79. The van der Waals surface area contributed by atoms with Crippen LogP contribution in [-0.4, -0.2) is 93.6 Å². The number of ether oxygens (including phenoxy) is 3. The van der Waals surface area contributed by atoms with E-state index in [9.17, 15) is 9.90 Å². The Kier molecular flexibility index (Phi) is 9.60. The number of rotatable bonds is 7. The second kappa shape index (κ2) is 11.0. The molecule has 3 rings (SSSR count). The Morgan fingerprint density at radius 1 is 0.975 bits per heavy atom. The maximum atomic E-state index is 13.6. The lowest BCUT2D eigenvalue weighted by molar-refractivity contribution is -0.174. The Labute approximate surface area is 257 Å². The normalized spacial score (nSPS) is 36.8. The summed E-state index contributed by atoms with van der Waals surface area (Å²) < 4.78 is 30.2. The first-order valence-electron chi connectivity index (χ1n) is 13.7. The van der Waals surface area contributed by atoms with E-state index < -0.39 is 87.8 Å². The molecule has 0 aromatic rings. The van der Waals surface area contributed by atoms with Crippen LogP contribution in [0.5, 0.6) is 0 Å². The molecule has 0 unspecified atom stereocenters. The van der Waals surface area contributed by atoms with Crippen LogP contribution in [0.1, 0.15) is 20.8 Å². The van der Waals surface area contributed by atoms with Gasteiger partial charge in [0.15, 0.2) is 22.4 Å². The Morgan fingerprint density at radius 3 is 1.93 bits per heavy atom. The summed E-state index contributed by atoms with van der Waals surface area (Å²) in [5.74, 6) is 0.601. The summed E-state index contributed by atoms with van der Waals surface area (Å²) in [7, 11) is -6.58. The van der Waals surface area contributed by atoms with Gasteiger partial charge < -0.3 is 33.5 Å². The first-order chi connectivity index (χ1) is 17.7. The smallest absolute Gasteiger partial charge is 0.272 e. The van der Waals surface area contributed by atoms with Crippen LogP contribution in [0, 0.1) is 17.4 Å². The SMILES string of the molecule is CC1(C)OC[C@H]([C@H]2[C@@H]3O[C@]3(C)[C@@H](O[Si](C)(C)C)[C@@H](O[Si](C)(C)C)[C@@]2(NC(=O)C(Cl)(Cl)Cl)[C@H](O)C#C[Si](C)(C)C)O1. The number of halogens is 3. The molecule has 0 radical (unpaired) electrons. The van der Waals surface area contributed by atoms with Gasteiger partial charge in [-0.3, -0.25) is 4.79 Å². The Balaban J connectivity index is 2.37. The molecular formula is C26H46Cl3NO7Si3. The highest BCUT2D eigenvalue weighted by atomic mass is 35.6. The molecule has 1 aliphatic carbocycles. The van der Waals surface area contributed by atoms with Gasteiger partial charge in [-0.2, -0.15) is 0 Å². The monoisotopic (exact) mass is 673 g/mol. The predicted octanol–water partition coefficient (Wildman–Crippen LogP) is 4.83. The summed E-state index contributed by atoms with van der Waals surface area (Å²) in [6.45, 7) is 24.4. The van der Waals surface area contributed by atoms with Crippen LogP contribution >= 0.6 is 34.8 Å². The van der Waals surface area contributed by atoms with Crippen LogP contribution in [0.3, 0.4) is 0 Å². The van der Waals surface area contributed by atoms with E-state index in [0.717, 1.165) is 0 Å². The van der Waals surface area contributed by atoms with Crippen LogP contribution in [-0.2, 0) is 27.9 Å². The largest absolute Gasteiger partial charge is 0.409 e. The Bertz CT molecular complexity index is 1040. The van der Waals surface area contributed by atoms with E-state index in [1.54, 1.807) is 0 Å². The lowest BCUT2D eigenvalue weighted by atomic mass is 9.61. The van der Waals surface area contributed by atoms with Gasteiger partial charge in [-0.15, -0.1) is 5.54 Å². The fraction of sp³-hybridized carbons (Fsp3) is 0.885. The van der Waals surface area contributed by atoms with Crippen LogP contribution in [0.25, 0.3) is 0 Å². The molecule has 14 heteroatoms. The first kappa shape index (κ1) is 34.8. The second-order valence-corrected chi connectivity index (χ2v) is 30.7. The third-order valence-electron chi connectivity index (χ3n) is 7.09. The van der Waals surface area contributed by atoms with Gasteiger partial charge in [-0.25, -0.2) is 0 Å². The summed E-state index contributed by atoms with van der Waals surface area (Å²) in [4.78, 5) is 13.6. The van der Waals surface area contributed by atoms with Crippen molar-refractivity contribution >= 4 is 65.4 Å². The highest BCUT2D eigenvalue weighted by molar-refractivity contribution is 6.83. The Morgan fingerprint density at radius 2 is 1.50 bits per heavy atom. The first-order valence-corrected chi connectivity index (χ1v) is 25.1. The maximum Gasteiger partial charge on any atom is 0.272 e. The van der Waals surface area contributed by atoms with E-state index >= 15 is 0 Å². The number of carbonyl (C=O) groups excluding carboxylic acids is 1. The van der Waals surface area contributed by atoms with Gasteiger partial charge in [0.25, 0.3) is 9.70 Å². The van der Waals surface area contributed by atoms with Crippen molar-refractivity contribution in [1.82, 2.24) is 5.32 Å². The second-order valence-electron chi connectivity index (χ2n) is 14.7. The number of aliphatic hydroxyl groups excluding tert-OH is 1. The molecule has 0 bridgehead atoms. The van der Waals surface area contributed by atoms with Crippen LogP contribution < -0.4 is 5.32 Å². The standard InChI is InChI=1S/C26H46Cl3NO7Si3/c1-23(2)33-15-16(34-23)18-19-24(3,35-19)20(36-39(7,8)9)21(37-40(10,11)12)25(18,30-22(32)26(27,28)29)17(31)13-14-38(4,5)6/h16-21,31H,15H2,1-12H3,(H,30,32)/t16-,17-,18+,19+,20+,21-,24+,25-/m1/s1. The molecule has 2 heterocycles. The summed E-state index contributed by atoms with van der Waals surface area (Å²) in [5.41, 5.74) is 0.863. The van der Waals surface area contributed by atoms with Gasteiger partial charge in [0.05, 0.1) is 24.9 Å². The van der Waals surface area contributed by atoms with Crippen molar-refractivity contribution in [3.63, 3.8) is 0 Å². The summed E-state index contributed by atoms with van der Waals surface area (Å²) >= 11 is 18.4. The highest BCUT2D eigenvalue weighted by Crippen LogP contribution is 2.60. The fourth-order valence-corrected chi connectivity index (χ4v) is 8.53. The topological polar surface area (TPSA) is 98.8 Å². The average molecular weight is 675 g/mol. The minimum atomic E-state index is -2.39. The van der Waals surface area contributed by atoms with Crippen molar-refractivity contribution in [2.45, 2.75) is 131 Å². The van der Waals surface area contributed by atoms with Crippen LogP contribution in [0.2, 0.25) is 58.9 Å².